The quantitative estimate of drug-likeness (QED) is 0.621. The number of hydrogen-bond donors (Lipinski definition) is 0. The topological polar surface area (TPSA) is 83.3 Å². The summed E-state index contributed by atoms with van der Waals surface area (Å²) in [6, 6.07) is 6.32. The minimum atomic E-state index is -0.694. The Hall–Kier alpha value is -3.69. The summed E-state index contributed by atoms with van der Waals surface area (Å²) in [7, 11) is 0. The fourth-order valence-corrected chi connectivity index (χ4v) is 4.76. The summed E-state index contributed by atoms with van der Waals surface area (Å²) in [5.74, 6) is 0.160. The van der Waals surface area contributed by atoms with E-state index in [-0.39, 0.29) is 18.0 Å². The Morgan fingerprint density at radius 2 is 2.03 bits per heavy atom. The number of halogens is 1. The normalized spacial score (nSPS) is 21.9. The number of hydrogen-bond acceptors (Lipinski definition) is 6. The molecule has 3 aliphatic rings. The van der Waals surface area contributed by atoms with E-state index < -0.39 is 11.4 Å². The summed E-state index contributed by atoms with van der Waals surface area (Å²) in [6.45, 7) is 2.20. The lowest BCUT2D eigenvalue weighted by Gasteiger charge is -2.51. The van der Waals surface area contributed by atoms with Gasteiger partial charge >= 0.3 is 6.09 Å². The Labute approximate surface area is 176 Å². The van der Waals surface area contributed by atoms with E-state index in [4.69, 9.17) is 4.74 Å². The molecule has 0 saturated carbocycles. The number of fused-ring (bicyclic) bond motifs is 3. The van der Waals surface area contributed by atoms with Gasteiger partial charge in [-0.2, -0.15) is 0 Å². The van der Waals surface area contributed by atoms with Crippen molar-refractivity contribution in [3.05, 3.63) is 60.4 Å². The predicted octanol–water partition coefficient (Wildman–Crippen LogP) is 1.40. The summed E-state index contributed by atoms with van der Waals surface area (Å²) in [6.07, 6.45) is 6.09. The first-order chi connectivity index (χ1) is 15.0. The maximum absolute atomic E-state index is 13.2. The monoisotopic (exact) mass is 422 g/mol. The number of anilines is 1. The average Bonchev–Trinajstić information content (AvgIpc) is 3.34. The van der Waals surface area contributed by atoms with Crippen molar-refractivity contribution in [2.75, 3.05) is 37.6 Å². The first-order valence-electron chi connectivity index (χ1n) is 10.1. The van der Waals surface area contributed by atoms with E-state index in [1.807, 2.05) is 15.4 Å². The van der Waals surface area contributed by atoms with Crippen LogP contribution in [0, 0.1) is 5.82 Å². The molecule has 0 aliphatic carbocycles. The molecule has 6 heterocycles. The van der Waals surface area contributed by atoms with Gasteiger partial charge in [0.25, 0.3) is 5.91 Å². The number of amides is 2. The number of carbonyl (C=O) groups excluding carboxylic acids is 2. The van der Waals surface area contributed by atoms with Crippen molar-refractivity contribution in [2.24, 2.45) is 0 Å². The number of ether oxygens (including phenoxy) is 1. The van der Waals surface area contributed by atoms with Gasteiger partial charge in [-0.25, -0.2) is 19.2 Å². The Morgan fingerprint density at radius 1 is 1.16 bits per heavy atom. The lowest BCUT2D eigenvalue weighted by atomic mass is 9.84. The Kier molecular flexibility index (Phi) is 3.74. The van der Waals surface area contributed by atoms with E-state index in [0.717, 1.165) is 5.65 Å². The molecular weight excluding hydrogens is 403 g/mol. The molecular formula is C21H19FN6O3. The van der Waals surface area contributed by atoms with E-state index >= 15 is 0 Å². The molecule has 3 aliphatic heterocycles. The van der Waals surface area contributed by atoms with Crippen molar-refractivity contribution >= 4 is 23.5 Å². The van der Waals surface area contributed by atoms with Crippen molar-refractivity contribution in [1.82, 2.24) is 24.2 Å². The highest BCUT2D eigenvalue weighted by Crippen LogP contribution is 2.41. The second kappa shape index (κ2) is 6.40. The summed E-state index contributed by atoms with van der Waals surface area (Å²) in [4.78, 5) is 39.4. The maximum atomic E-state index is 13.2. The summed E-state index contributed by atoms with van der Waals surface area (Å²) in [5.41, 5.74) is 0.656. The van der Waals surface area contributed by atoms with Crippen LogP contribution in [-0.4, -0.2) is 80.5 Å². The van der Waals surface area contributed by atoms with Crippen LogP contribution in [0.15, 0.2) is 49.1 Å². The third-order valence-electron chi connectivity index (χ3n) is 6.39. The minimum absolute atomic E-state index is 0.0823. The highest BCUT2D eigenvalue weighted by molar-refractivity contribution is 5.94. The van der Waals surface area contributed by atoms with E-state index in [2.05, 4.69) is 9.97 Å². The number of carbonyl (C=O) groups is 2. The van der Waals surface area contributed by atoms with Crippen LogP contribution in [0.25, 0.3) is 5.65 Å². The molecule has 0 bridgehead atoms. The lowest BCUT2D eigenvalue weighted by molar-refractivity contribution is -0.00669. The molecule has 2 amide bonds. The Bertz CT molecular complexity index is 1190. The minimum Gasteiger partial charge on any atom is -0.437 e. The first kappa shape index (κ1) is 18.1. The molecule has 158 valence electrons. The Balaban J connectivity index is 1.21. The summed E-state index contributed by atoms with van der Waals surface area (Å²) in [5, 5.41) is 0. The molecule has 10 heteroatoms. The predicted molar refractivity (Wildman–Crippen MR) is 107 cm³/mol. The van der Waals surface area contributed by atoms with Crippen molar-refractivity contribution in [3.8, 4) is 0 Å². The highest BCUT2D eigenvalue weighted by Gasteiger charge is 2.62. The molecule has 0 aromatic carbocycles. The Morgan fingerprint density at radius 3 is 2.84 bits per heavy atom. The van der Waals surface area contributed by atoms with Gasteiger partial charge in [0.1, 0.15) is 17.3 Å². The van der Waals surface area contributed by atoms with Crippen molar-refractivity contribution in [3.63, 3.8) is 0 Å². The van der Waals surface area contributed by atoms with E-state index in [0.29, 0.717) is 44.1 Å². The van der Waals surface area contributed by atoms with E-state index in [9.17, 15) is 14.0 Å². The van der Waals surface area contributed by atoms with Crippen LogP contribution in [0.3, 0.4) is 0 Å². The van der Waals surface area contributed by atoms with Crippen LogP contribution in [0.5, 0.6) is 0 Å². The van der Waals surface area contributed by atoms with Crippen LogP contribution in [0.1, 0.15) is 10.4 Å². The van der Waals surface area contributed by atoms with E-state index in [1.54, 1.807) is 40.5 Å². The fourth-order valence-electron chi connectivity index (χ4n) is 4.76. The zero-order valence-electron chi connectivity index (χ0n) is 16.5. The fraction of sp³-hybridized carbons (Fsp3) is 0.333. The number of nitrogens with zero attached hydrogens (tertiary/aromatic N) is 6. The molecule has 1 unspecified atom stereocenters. The second-order valence-corrected chi connectivity index (χ2v) is 8.19. The number of rotatable bonds is 2. The molecule has 1 atom stereocenters. The van der Waals surface area contributed by atoms with Gasteiger partial charge in [0, 0.05) is 38.2 Å². The third-order valence-corrected chi connectivity index (χ3v) is 6.39. The van der Waals surface area contributed by atoms with Crippen LogP contribution in [0.2, 0.25) is 0 Å². The van der Waals surface area contributed by atoms with Crippen molar-refractivity contribution < 1.29 is 18.7 Å². The van der Waals surface area contributed by atoms with Crippen LogP contribution < -0.4 is 4.90 Å². The lowest BCUT2D eigenvalue weighted by Crippen LogP contribution is -2.71. The van der Waals surface area contributed by atoms with Gasteiger partial charge in [-0.05, 0) is 24.3 Å². The highest BCUT2D eigenvalue weighted by atomic mass is 19.1. The molecule has 0 radical (unpaired) electrons. The molecule has 0 N–H and O–H groups in total. The van der Waals surface area contributed by atoms with Crippen molar-refractivity contribution in [1.29, 1.82) is 0 Å². The SMILES string of the molecule is O=C(c1ccc2nccn2c1)N1CCN2C(=O)OC3(CN(c4ccc(F)cn4)C3)C2C1. The number of imidazole rings is 1. The number of piperazine rings is 1. The van der Waals surface area contributed by atoms with Gasteiger partial charge in [0.15, 0.2) is 5.60 Å². The molecule has 3 fully saturated rings. The summed E-state index contributed by atoms with van der Waals surface area (Å²) >= 11 is 0. The van der Waals surface area contributed by atoms with Gasteiger partial charge in [-0.15, -0.1) is 0 Å². The molecule has 3 aromatic rings. The zero-order chi connectivity index (χ0) is 21.2. The average molecular weight is 422 g/mol. The second-order valence-electron chi connectivity index (χ2n) is 8.19. The number of aromatic nitrogens is 3. The molecule has 3 aromatic heterocycles. The molecule has 9 nitrogen and oxygen atoms in total. The first-order valence-corrected chi connectivity index (χ1v) is 10.1. The molecule has 31 heavy (non-hydrogen) atoms. The van der Waals surface area contributed by atoms with Crippen molar-refractivity contribution in [2.45, 2.75) is 11.6 Å². The van der Waals surface area contributed by atoms with Gasteiger partial charge in [-0.1, -0.05) is 0 Å². The molecule has 1 spiro atoms. The van der Waals surface area contributed by atoms with Crippen LogP contribution in [0.4, 0.5) is 15.0 Å². The van der Waals surface area contributed by atoms with Gasteiger partial charge < -0.3 is 18.9 Å². The van der Waals surface area contributed by atoms with E-state index in [1.165, 1.54) is 12.3 Å². The molecule has 3 saturated heterocycles. The molecule has 6 rings (SSSR count). The van der Waals surface area contributed by atoms with Crippen LogP contribution in [-0.2, 0) is 4.74 Å². The van der Waals surface area contributed by atoms with Crippen LogP contribution >= 0.6 is 0 Å². The third kappa shape index (κ3) is 2.74. The van der Waals surface area contributed by atoms with Gasteiger partial charge in [0.2, 0.25) is 0 Å². The number of pyridine rings is 2. The zero-order valence-corrected chi connectivity index (χ0v) is 16.5. The standard InChI is InChI=1S/C21H19FN6O3/c22-15-2-4-18(24-9-15)27-12-21(13-27)16-11-26(7-8-28(16)20(30)31-21)19(29)14-1-3-17-23-5-6-25(17)10-14/h1-6,9-10,16H,7-8,11-13H2. The maximum Gasteiger partial charge on any atom is 0.411 e. The van der Waals surface area contributed by atoms with Gasteiger partial charge in [-0.3, -0.25) is 9.69 Å². The smallest absolute Gasteiger partial charge is 0.411 e. The largest absolute Gasteiger partial charge is 0.437 e. The summed E-state index contributed by atoms with van der Waals surface area (Å²) < 4.78 is 20.8. The van der Waals surface area contributed by atoms with Gasteiger partial charge in [0.05, 0.1) is 30.9 Å².